The number of imide groups is 1. The lowest BCUT2D eigenvalue weighted by Crippen LogP contribution is -2.57. The first-order valence-electron chi connectivity index (χ1n) is 5.99. The number of carbonyl (C=O) groups excluding carboxylic acids is 2. The van der Waals surface area contributed by atoms with Crippen molar-refractivity contribution >= 4 is 22.1 Å². The van der Waals surface area contributed by atoms with E-state index >= 15 is 0 Å². The van der Waals surface area contributed by atoms with Crippen LogP contribution in [0.1, 0.15) is 12.8 Å². The average molecular weight is 330 g/mol. The molecule has 2 fully saturated rings. The molecular formula is C9H13F3N4O4S. The van der Waals surface area contributed by atoms with Crippen LogP contribution in [0.3, 0.4) is 0 Å². The van der Waals surface area contributed by atoms with E-state index in [1.54, 1.807) is 0 Å². The number of amides is 3. The lowest BCUT2D eigenvalue weighted by molar-refractivity contribution is -0.125. The molecule has 0 aromatic heterocycles. The molecule has 2 rings (SSSR count). The number of rotatable bonds is 3. The van der Waals surface area contributed by atoms with Crippen LogP contribution in [0.2, 0.25) is 0 Å². The fourth-order valence-electron chi connectivity index (χ4n) is 2.25. The van der Waals surface area contributed by atoms with Gasteiger partial charge in [0.2, 0.25) is 0 Å². The van der Waals surface area contributed by atoms with E-state index in [4.69, 9.17) is 0 Å². The number of hydrogen-bond acceptors (Lipinski definition) is 4. The summed E-state index contributed by atoms with van der Waals surface area (Å²) in [6.07, 6.45) is -4.65. The summed E-state index contributed by atoms with van der Waals surface area (Å²) in [4.78, 5) is 22.8. The zero-order valence-electron chi connectivity index (χ0n) is 10.7. The average Bonchev–Trinajstić information content (AvgIpc) is 2.62. The molecule has 0 aromatic carbocycles. The van der Waals surface area contributed by atoms with Gasteiger partial charge in [-0.2, -0.15) is 30.6 Å². The van der Waals surface area contributed by atoms with Crippen molar-refractivity contribution in [2.45, 2.75) is 24.6 Å². The van der Waals surface area contributed by atoms with E-state index in [0.29, 0.717) is 0 Å². The van der Waals surface area contributed by atoms with Crippen molar-refractivity contribution in [3.05, 3.63) is 0 Å². The second-order valence-electron chi connectivity index (χ2n) is 4.83. The van der Waals surface area contributed by atoms with Crippen LogP contribution < -0.4 is 15.4 Å². The second-order valence-corrected chi connectivity index (χ2v) is 6.59. The van der Waals surface area contributed by atoms with E-state index in [2.05, 4.69) is 10.6 Å². The third kappa shape index (κ3) is 3.44. The fraction of sp³-hybridized carbons (Fsp3) is 0.778. The predicted molar refractivity (Wildman–Crippen MR) is 63.2 cm³/mol. The molecule has 0 unspecified atom stereocenters. The standard InChI is InChI=1S/C9H13F3N4O4S/c10-9(11,12)5-13-21(19,20)16-3-1-8(2-4-16)6(17)14-7(18)15-8/h13H,1-5H2,(H2,14,15,17,18). The van der Waals surface area contributed by atoms with Crippen molar-refractivity contribution in [3.63, 3.8) is 0 Å². The number of nitrogens with one attached hydrogen (secondary N) is 3. The highest BCUT2D eigenvalue weighted by Crippen LogP contribution is 2.26. The van der Waals surface area contributed by atoms with Crippen molar-refractivity contribution in [1.29, 1.82) is 0 Å². The number of halogens is 3. The molecule has 0 radical (unpaired) electrons. The molecule has 1 spiro atoms. The van der Waals surface area contributed by atoms with E-state index in [1.165, 1.54) is 4.72 Å². The lowest BCUT2D eigenvalue weighted by Gasteiger charge is -2.36. The maximum Gasteiger partial charge on any atom is 0.402 e. The highest BCUT2D eigenvalue weighted by molar-refractivity contribution is 7.87. The Morgan fingerprint density at radius 2 is 1.81 bits per heavy atom. The van der Waals surface area contributed by atoms with Crippen molar-refractivity contribution in [2.75, 3.05) is 19.6 Å². The van der Waals surface area contributed by atoms with Crippen molar-refractivity contribution in [2.24, 2.45) is 0 Å². The molecule has 0 aromatic rings. The maximum atomic E-state index is 12.0. The van der Waals surface area contributed by atoms with Crippen LogP contribution in [0.25, 0.3) is 0 Å². The van der Waals surface area contributed by atoms with Crippen LogP contribution in [0.4, 0.5) is 18.0 Å². The van der Waals surface area contributed by atoms with Crippen molar-refractivity contribution in [1.82, 2.24) is 19.7 Å². The maximum absolute atomic E-state index is 12.0. The van der Waals surface area contributed by atoms with Crippen molar-refractivity contribution in [3.8, 4) is 0 Å². The smallest absolute Gasteiger partial charge is 0.323 e. The van der Waals surface area contributed by atoms with Gasteiger partial charge in [-0.1, -0.05) is 0 Å². The van der Waals surface area contributed by atoms with Gasteiger partial charge in [0, 0.05) is 13.1 Å². The predicted octanol–water partition coefficient (Wildman–Crippen LogP) is -0.943. The summed E-state index contributed by atoms with van der Waals surface area (Å²) >= 11 is 0. The quantitative estimate of drug-likeness (QED) is 0.580. The number of carbonyl (C=O) groups is 2. The van der Waals surface area contributed by atoms with Gasteiger partial charge in [0.05, 0.1) is 0 Å². The summed E-state index contributed by atoms with van der Waals surface area (Å²) in [6, 6.07) is -0.661. The van der Waals surface area contributed by atoms with Crippen LogP contribution in [0.15, 0.2) is 0 Å². The number of alkyl halides is 3. The first-order valence-corrected chi connectivity index (χ1v) is 7.43. The van der Waals surface area contributed by atoms with Gasteiger partial charge in [0.15, 0.2) is 0 Å². The zero-order valence-corrected chi connectivity index (χ0v) is 11.5. The molecule has 3 N–H and O–H groups in total. The summed E-state index contributed by atoms with van der Waals surface area (Å²) in [6.45, 7) is -1.99. The van der Waals surface area contributed by atoms with E-state index in [1.807, 2.05) is 0 Å². The van der Waals surface area contributed by atoms with E-state index in [0.717, 1.165) is 4.31 Å². The summed E-state index contributed by atoms with van der Waals surface area (Å²) in [5, 5.41) is 4.48. The first kappa shape index (κ1) is 16.0. The van der Waals surface area contributed by atoms with Crippen LogP contribution in [-0.4, -0.2) is 56.0 Å². The molecule has 0 saturated carbocycles. The summed E-state index contributed by atoms with van der Waals surface area (Å²) < 4.78 is 61.8. The van der Waals surface area contributed by atoms with Gasteiger partial charge in [-0.3, -0.25) is 10.1 Å². The highest BCUT2D eigenvalue weighted by atomic mass is 32.2. The molecule has 2 aliphatic rings. The highest BCUT2D eigenvalue weighted by Gasteiger charge is 2.49. The number of urea groups is 1. The van der Waals surface area contributed by atoms with E-state index < -0.39 is 40.4 Å². The van der Waals surface area contributed by atoms with E-state index in [9.17, 15) is 31.2 Å². The Balaban J connectivity index is 1.97. The number of nitrogens with zero attached hydrogens (tertiary/aromatic N) is 1. The molecule has 21 heavy (non-hydrogen) atoms. The minimum absolute atomic E-state index is 0.00248. The van der Waals surface area contributed by atoms with Crippen LogP contribution >= 0.6 is 0 Å². The monoisotopic (exact) mass is 330 g/mol. The van der Waals surface area contributed by atoms with Gasteiger partial charge >= 0.3 is 12.2 Å². The number of piperidine rings is 1. The molecule has 0 bridgehead atoms. The van der Waals surface area contributed by atoms with Gasteiger partial charge in [0.25, 0.3) is 16.1 Å². The third-order valence-corrected chi connectivity index (χ3v) is 4.94. The first-order chi connectivity index (χ1) is 9.54. The second kappa shape index (κ2) is 5.10. The SMILES string of the molecule is O=C1NC(=O)C2(CCN(S(=O)(=O)NCC(F)(F)F)CC2)N1. The molecule has 120 valence electrons. The largest absolute Gasteiger partial charge is 0.402 e. The topological polar surface area (TPSA) is 108 Å². The Bertz CT molecular complexity index is 554. The molecule has 2 heterocycles. The third-order valence-electron chi connectivity index (χ3n) is 3.39. The Labute approximate surface area is 118 Å². The lowest BCUT2D eigenvalue weighted by atomic mass is 9.89. The normalized spacial score (nSPS) is 23.2. The van der Waals surface area contributed by atoms with Gasteiger partial charge in [0.1, 0.15) is 12.1 Å². The molecule has 3 amide bonds. The molecule has 0 atom stereocenters. The summed E-state index contributed by atoms with van der Waals surface area (Å²) in [5.41, 5.74) is -1.17. The van der Waals surface area contributed by atoms with E-state index in [-0.39, 0.29) is 25.9 Å². The van der Waals surface area contributed by atoms with Gasteiger partial charge in [-0.25, -0.2) is 4.79 Å². The Hall–Kier alpha value is -1.40. The van der Waals surface area contributed by atoms with Crippen molar-refractivity contribution < 1.29 is 31.2 Å². The Kier molecular flexibility index (Phi) is 3.88. The molecule has 2 saturated heterocycles. The zero-order chi connectivity index (χ0) is 15.9. The molecule has 2 aliphatic heterocycles. The van der Waals surface area contributed by atoms with Crippen LogP contribution in [0, 0.1) is 0 Å². The summed E-state index contributed by atoms with van der Waals surface area (Å²) in [7, 11) is -4.27. The minimum Gasteiger partial charge on any atom is -0.323 e. The summed E-state index contributed by atoms with van der Waals surface area (Å²) in [5.74, 6) is -0.548. The Morgan fingerprint density at radius 3 is 2.24 bits per heavy atom. The van der Waals surface area contributed by atoms with Crippen LogP contribution in [0.5, 0.6) is 0 Å². The molecular weight excluding hydrogens is 317 g/mol. The van der Waals surface area contributed by atoms with Gasteiger partial charge in [-0.05, 0) is 12.8 Å². The number of hydrogen-bond donors (Lipinski definition) is 3. The van der Waals surface area contributed by atoms with Crippen LogP contribution in [-0.2, 0) is 15.0 Å². The Morgan fingerprint density at radius 1 is 1.24 bits per heavy atom. The molecule has 8 nitrogen and oxygen atoms in total. The molecule has 0 aliphatic carbocycles. The van der Waals surface area contributed by atoms with Gasteiger partial charge < -0.3 is 5.32 Å². The minimum atomic E-state index is -4.65. The molecule has 12 heteroatoms. The fourth-order valence-corrected chi connectivity index (χ4v) is 3.44. The van der Waals surface area contributed by atoms with Gasteiger partial charge in [-0.15, -0.1) is 0 Å².